The quantitative estimate of drug-likeness (QED) is 0.745. The monoisotopic (exact) mass is 343 g/mol. The maximum Gasteiger partial charge on any atom is 0.291 e. The van der Waals surface area contributed by atoms with Gasteiger partial charge in [0.15, 0.2) is 0 Å². The number of ether oxygens (including phenoxy) is 1. The molecule has 0 saturated carbocycles. The second-order valence-electron chi connectivity index (χ2n) is 4.18. The molecule has 0 fully saturated rings. The second-order valence-corrected chi connectivity index (χ2v) is 7.39. The van der Waals surface area contributed by atoms with E-state index in [0.717, 1.165) is 17.8 Å². The number of halogens is 1. The molecular formula is C14H14ClNO3S2. The van der Waals surface area contributed by atoms with Crippen LogP contribution in [0.3, 0.4) is 0 Å². The maximum atomic E-state index is 11.9. The zero-order valence-electron chi connectivity index (χ0n) is 11.3. The molecule has 0 aliphatic carbocycles. The first kappa shape index (κ1) is 16.0. The van der Waals surface area contributed by atoms with Crippen LogP contribution in [0.25, 0.3) is 0 Å². The molecule has 112 valence electrons. The Kier molecular flexibility index (Phi) is 5.39. The Hall–Kier alpha value is -1.37. The van der Waals surface area contributed by atoms with Crippen LogP contribution in [0, 0.1) is 0 Å². The van der Waals surface area contributed by atoms with Gasteiger partial charge in [0.2, 0.25) is 0 Å². The average Bonchev–Trinajstić information content (AvgIpc) is 2.99. The normalized spacial score (nSPS) is 11.9. The van der Waals surface area contributed by atoms with Gasteiger partial charge in [0.05, 0.1) is 11.6 Å². The summed E-state index contributed by atoms with van der Waals surface area (Å²) in [5.41, 5.74) is 0.601. The summed E-state index contributed by atoms with van der Waals surface area (Å²) in [7, 11) is -3.64. The number of hydrogen-bond acceptors (Lipinski definition) is 4. The maximum absolute atomic E-state index is 11.9. The molecule has 0 saturated heterocycles. The van der Waals surface area contributed by atoms with Gasteiger partial charge < -0.3 is 4.74 Å². The first-order chi connectivity index (χ1) is 10.0. The highest BCUT2D eigenvalue weighted by molar-refractivity contribution is 7.92. The van der Waals surface area contributed by atoms with Crippen molar-refractivity contribution in [2.45, 2.75) is 17.6 Å². The number of hydrogen-bond donors (Lipinski definition) is 0. The van der Waals surface area contributed by atoms with Crippen LogP contribution in [0.2, 0.25) is 5.02 Å². The summed E-state index contributed by atoms with van der Waals surface area (Å²) in [6, 6.07) is 8.23. The van der Waals surface area contributed by atoms with Crippen LogP contribution in [0.5, 0.6) is 5.75 Å². The Labute approximate surface area is 133 Å². The standard InChI is InChI=1S/C14H14ClNO3S2/c1-2-7-19-13-6-5-11(9-12(13)15)10-16-21(17,18)14-4-3-8-20-14/h3-6,8-10H,2,7H2,1H3/b16-10-. The predicted octanol–water partition coefficient (Wildman–Crippen LogP) is 4.00. The van der Waals surface area contributed by atoms with Gasteiger partial charge in [-0.15, -0.1) is 11.3 Å². The van der Waals surface area contributed by atoms with Crippen molar-refractivity contribution in [3.63, 3.8) is 0 Å². The number of benzene rings is 1. The van der Waals surface area contributed by atoms with E-state index in [1.807, 2.05) is 6.92 Å². The van der Waals surface area contributed by atoms with Gasteiger partial charge in [0.25, 0.3) is 10.0 Å². The van der Waals surface area contributed by atoms with Crippen molar-refractivity contribution < 1.29 is 13.2 Å². The molecule has 0 atom stereocenters. The highest BCUT2D eigenvalue weighted by atomic mass is 35.5. The SMILES string of the molecule is CCCOc1ccc(/C=N\S(=O)(=O)c2cccs2)cc1Cl. The van der Waals surface area contributed by atoms with Gasteiger partial charge in [-0.05, 0) is 41.6 Å². The summed E-state index contributed by atoms with van der Waals surface area (Å²) in [6.45, 7) is 2.59. The zero-order valence-corrected chi connectivity index (χ0v) is 13.7. The van der Waals surface area contributed by atoms with E-state index in [-0.39, 0.29) is 4.21 Å². The number of sulfonamides is 1. The van der Waals surface area contributed by atoms with Crippen molar-refractivity contribution in [3.05, 3.63) is 46.3 Å². The van der Waals surface area contributed by atoms with Gasteiger partial charge >= 0.3 is 0 Å². The third-order valence-electron chi connectivity index (χ3n) is 2.51. The van der Waals surface area contributed by atoms with E-state index in [2.05, 4.69) is 4.40 Å². The summed E-state index contributed by atoms with van der Waals surface area (Å²) in [5, 5.41) is 2.12. The Balaban J connectivity index is 2.17. The first-order valence-electron chi connectivity index (χ1n) is 6.29. The largest absolute Gasteiger partial charge is 0.492 e. The van der Waals surface area contributed by atoms with Gasteiger partial charge in [-0.25, -0.2) is 0 Å². The van der Waals surface area contributed by atoms with E-state index in [1.165, 1.54) is 12.3 Å². The Bertz CT molecular complexity index is 725. The average molecular weight is 344 g/mol. The smallest absolute Gasteiger partial charge is 0.291 e. The van der Waals surface area contributed by atoms with Crippen LogP contribution in [-0.2, 0) is 10.0 Å². The molecule has 1 aromatic carbocycles. The molecule has 2 aromatic rings. The van der Waals surface area contributed by atoms with Gasteiger partial charge in [-0.2, -0.15) is 12.8 Å². The highest BCUT2D eigenvalue weighted by Crippen LogP contribution is 2.25. The molecule has 0 unspecified atom stereocenters. The molecular weight excluding hydrogens is 330 g/mol. The molecule has 0 amide bonds. The Morgan fingerprint density at radius 3 is 2.81 bits per heavy atom. The van der Waals surface area contributed by atoms with Gasteiger partial charge in [-0.3, -0.25) is 0 Å². The van der Waals surface area contributed by atoms with Crippen LogP contribution in [0.4, 0.5) is 0 Å². The fourth-order valence-electron chi connectivity index (χ4n) is 1.52. The minimum Gasteiger partial charge on any atom is -0.492 e. The second kappa shape index (κ2) is 7.06. The van der Waals surface area contributed by atoms with E-state index < -0.39 is 10.0 Å². The summed E-state index contributed by atoms with van der Waals surface area (Å²) in [4.78, 5) is 0. The third kappa shape index (κ3) is 4.30. The molecule has 0 radical (unpaired) electrons. The van der Waals surface area contributed by atoms with Gasteiger partial charge in [0.1, 0.15) is 9.96 Å². The highest BCUT2D eigenvalue weighted by Gasteiger charge is 2.12. The van der Waals surface area contributed by atoms with Crippen LogP contribution in [0.1, 0.15) is 18.9 Å². The first-order valence-corrected chi connectivity index (χ1v) is 8.99. The topological polar surface area (TPSA) is 55.7 Å². The molecule has 0 N–H and O–H groups in total. The lowest BCUT2D eigenvalue weighted by molar-refractivity contribution is 0.317. The van der Waals surface area contributed by atoms with E-state index >= 15 is 0 Å². The number of thiophene rings is 1. The van der Waals surface area contributed by atoms with E-state index in [9.17, 15) is 8.42 Å². The van der Waals surface area contributed by atoms with Crippen LogP contribution in [0.15, 0.2) is 44.3 Å². The van der Waals surface area contributed by atoms with Gasteiger partial charge in [-0.1, -0.05) is 24.6 Å². The zero-order chi connectivity index (χ0) is 15.3. The lowest BCUT2D eigenvalue weighted by Gasteiger charge is -2.06. The lowest BCUT2D eigenvalue weighted by atomic mass is 10.2. The molecule has 21 heavy (non-hydrogen) atoms. The van der Waals surface area contributed by atoms with Crippen molar-refractivity contribution in [2.24, 2.45) is 4.40 Å². The number of rotatable bonds is 6. The summed E-state index contributed by atoms with van der Waals surface area (Å²) in [5.74, 6) is 0.580. The Morgan fingerprint density at radius 1 is 1.38 bits per heavy atom. The van der Waals surface area contributed by atoms with Crippen molar-refractivity contribution in [2.75, 3.05) is 6.61 Å². The third-order valence-corrected chi connectivity index (χ3v) is 5.41. The fourth-order valence-corrected chi connectivity index (χ4v) is 3.61. The molecule has 0 bridgehead atoms. The summed E-state index contributed by atoms with van der Waals surface area (Å²) in [6.07, 6.45) is 2.17. The molecule has 0 spiro atoms. The van der Waals surface area contributed by atoms with Crippen molar-refractivity contribution >= 4 is 39.2 Å². The molecule has 7 heteroatoms. The predicted molar refractivity (Wildman–Crippen MR) is 86.3 cm³/mol. The number of nitrogens with zero attached hydrogens (tertiary/aromatic N) is 1. The molecule has 1 aromatic heterocycles. The summed E-state index contributed by atoms with van der Waals surface area (Å²) < 4.78 is 33.2. The molecule has 0 aliphatic rings. The summed E-state index contributed by atoms with van der Waals surface area (Å²) >= 11 is 7.21. The van der Waals surface area contributed by atoms with Crippen LogP contribution in [-0.4, -0.2) is 21.2 Å². The minimum absolute atomic E-state index is 0.216. The van der Waals surface area contributed by atoms with Gasteiger partial charge in [0, 0.05) is 6.21 Å². The minimum atomic E-state index is -3.64. The molecule has 2 rings (SSSR count). The van der Waals surface area contributed by atoms with Crippen molar-refractivity contribution in [1.29, 1.82) is 0 Å². The van der Waals surface area contributed by atoms with Crippen molar-refractivity contribution in [3.8, 4) is 5.75 Å². The Morgan fingerprint density at radius 2 is 2.19 bits per heavy atom. The van der Waals surface area contributed by atoms with Crippen molar-refractivity contribution in [1.82, 2.24) is 0 Å². The van der Waals surface area contributed by atoms with E-state index in [0.29, 0.717) is 22.9 Å². The fraction of sp³-hybridized carbons (Fsp3) is 0.214. The van der Waals surface area contributed by atoms with E-state index in [4.69, 9.17) is 16.3 Å². The molecule has 0 aliphatic heterocycles. The molecule has 1 heterocycles. The van der Waals surface area contributed by atoms with Crippen LogP contribution >= 0.6 is 22.9 Å². The van der Waals surface area contributed by atoms with E-state index in [1.54, 1.807) is 29.6 Å². The van der Waals surface area contributed by atoms with Crippen LogP contribution < -0.4 is 4.74 Å². The molecule has 4 nitrogen and oxygen atoms in total. The lowest BCUT2D eigenvalue weighted by Crippen LogP contribution is -1.97.